The highest BCUT2D eigenvalue weighted by Crippen LogP contribution is 2.40. The molecule has 1 aromatic carbocycles. The molecule has 10 nitrogen and oxygen atoms in total. The Morgan fingerprint density at radius 3 is 2.53 bits per heavy atom. The average molecular weight is 652 g/mol. The number of ether oxygens (including phenoxy) is 2. The van der Waals surface area contributed by atoms with Gasteiger partial charge in [-0.05, 0) is 65.0 Å². The summed E-state index contributed by atoms with van der Waals surface area (Å²) >= 11 is 6.99. The van der Waals surface area contributed by atoms with E-state index >= 15 is 0 Å². The molecule has 2 aliphatic heterocycles. The number of carbonyl (C=O) groups excluding carboxylic acids is 1. The average Bonchev–Trinajstić information content (AvgIpc) is 3.49. The summed E-state index contributed by atoms with van der Waals surface area (Å²) in [6.07, 6.45) is 10.6. The lowest BCUT2D eigenvalue weighted by Crippen LogP contribution is -2.57. The van der Waals surface area contributed by atoms with Crippen molar-refractivity contribution >= 4 is 53.7 Å². The number of hydrogen-bond acceptors (Lipinski definition) is 7. The van der Waals surface area contributed by atoms with E-state index in [4.69, 9.17) is 31.0 Å². The predicted octanol–water partition coefficient (Wildman–Crippen LogP) is 7.37. The number of nitrogens with one attached hydrogen (secondary N) is 1. The Morgan fingerprint density at radius 1 is 1.11 bits per heavy atom. The van der Waals surface area contributed by atoms with Gasteiger partial charge in [0.15, 0.2) is 5.65 Å². The largest absolute Gasteiger partial charge is 0.444 e. The highest BCUT2D eigenvalue weighted by atomic mass is 35.5. The van der Waals surface area contributed by atoms with Crippen LogP contribution in [-0.2, 0) is 23.3 Å². The molecular weight excluding hydrogens is 606 g/mol. The van der Waals surface area contributed by atoms with Gasteiger partial charge in [0.1, 0.15) is 23.7 Å². The van der Waals surface area contributed by atoms with Crippen LogP contribution in [0.5, 0.6) is 0 Å². The molecule has 12 heteroatoms. The van der Waals surface area contributed by atoms with Gasteiger partial charge in [-0.15, -0.1) is 0 Å². The molecule has 0 saturated carbocycles. The van der Waals surface area contributed by atoms with Crippen molar-refractivity contribution in [2.45, 2.75) is 109 Å². The highest BCUT2D eigenvalue weighted by molar-refractivity contribution is 6.76. The third kappa shape index (κ3) is 7.00. The Bertz CT molecular complexity index is 1690. The van der Waals surface area contributed by atoms with E-state index < -0.39 is 13.7 Å². The first-order valence-corrected chi connectivity index (χ1v) is 20.2. The van der Waals surface area contributed by atoms with Crippen molar-refractivity contribution < 1.29 is 14.3 Å². The molecule has 45 heavy (non-hydrogen) atoms. The molecule has 0 spiro atoms. The summed E-state index contributed by atoms with van der Waals surface area (Å²) in [7, 11) is 0.672. The number of aromatic nitrogens is 5. The van der Waals surface area contributed by atoms with Crippen LogP contribution >= 0.6 is 11.6 Å². The first kappa shape index (κ1) is 31.8. The molecule has 0 radical (unpaired) electrons. The zero-order valence-electron chi connectivity index (χ0n) is 27.6. The fraction of sp³-hybridized carbons (Fsp3) is 0.576. The lowest BCUT2D eigenvalue weighted by molar-refractivity contribution is 0.0482. The van der Waals surface area contributed by atoms with Crippen molar-refractivity contribution in [1.29, 1.82) is 0 Å². The van der Waals surface area contributed by atoms with Gasteiger partial charge in [0.2, 0.25) is 0 Å². The second-order valence-corrected chi connectivity index (χ2v) is 20.9. The zero-order chi connectivity index (χ0) is 32.1. The molecule has 5 heterocycles. The smallest absolute Gasteiger partial charge is 0.407 e. The Balaban J connectivity index is 1.32. The van der Waals surface area contributed by atoms with E-state index in [9.17, 15) is 4.79 Å². The molecule has 4 aromatic rings. The summed E-state index contributed by atoms with van der Waals surface area (Å²) in [6.45, 7) is 13.8. The van der Waals surface area contributed by atoms with Gasteiger partial charge < -0.3 is 24.3 Å². The summed E-state index contributed by atoms with van der Waals surface area (Å²) in [6, 6.07) is 5.72. The Morgan fingerprint density at radius 2 is 1.84 bits per heavy atom. The van der Waals surface area contributed by atoms with E-state index in [-0.39, 0.29) is 24.2 Å². The molecule has 2 fully saturated rings. The van der Waals surface area contributed by atoms with Crippen molar-refractivity contribution in [2.75, 3.05) is 11.5 Å². The van der Waals surface area contributed by atoms with Gasteiger partial charge in [-0.1, -0.05) is 37.3 Å². The third-order valence-electron chi connectivity index (χ3n) is 8.77. The van der Waals surface area contributed by atoms with Crippen LogP contribution in [0.1, 0.15) is 52.9 Å². The first-order chi connectivity index (χ1) is 21.3. The second-order valence-electron chi connectivity index (χ2n) is 14.9. The normalized spacial score (nSPS) is 20.6. The molecule has 2 unspecified atom stereocenters. The third-order valence-corrected chi connectivity index (χ3v) is 10.9. The number of anilines is 1. The topological polar surface area (TPSA) is 99.3 Å². The summed E-state index contributed by atoms with van der Waals surface area (Å²) in [5.74, 6) is 0.870. The van der Waals surface area contributed by atoms with Crippen LogP contribution in [0.25, 0.3) is 33.2 Å². The standard InChI is InChI=1S/C33H46ClN7O3Si/c1-33(2,3)44-32(42)36-21-15-22-9-8-10-23(16-21)41(22)28-17-35-30-25(24-11-12-27-26(29(24)34)18-39(4)38-27)19-40(31(30)37-28)20-43-13-14-45(5,6)7/h11-12,17-19,21-23H,8-10,13-16,20H2,1-7H3,(H,36,42). The summed E-state index contributed by atoms with van der Waals surface area (Å²) in [5.41, 5.74) is 3.74. The maximum atomic E-state index is 12.6. The van der Waals surface area contributed by atoms with Crippen LogP contribution in [0.3, 0.4) is 0 Å². The van der Waals surface area contributed by atoms with Crippen LogP contribution in [-0.4, -0.2) is 68.8 Å². The number of nitrogens with zero attached hydrogens (tertiary/aromatic N) is 6. The van der Waals surface area contributed by atoms with Crippen LogP contribution in [0.15, 0.2) is 30.7 Å². The van der Waals surface area contributed by atoms with Gasteiger partial charge in [-0.25, -0.2) is 14.8 Å². The number of halogens is 1. The minimum Gasteiger partial charge on any atom is -0.444 e. The fourth-order valence-corrected chi connectivity index (χ4v) is 7.80. The molecule has 1 N–H and O–H groups in total. The van der Waals surface area contributed by atoms with Gasteiger partial charge in [0, 0.05) is 68.8 Å². The number of piperidine rings is 2. The molecule has 2 aliphatic rings. The molecule has 2 atom stereocenters. The number of rotatable bonds is 8. The number of amides is 1. The number of aryl methyl sites for hydroxylation is 1. The molecule has 242 valence electrons. The summed E-state index contributed by atoms with van der Waals surface area (Å²) in [4.78, 5) is 25.3. The first-order valence-electron chi connectivity index (χ1n) is 16.1. The minimum absolute atomic E-state index is 0.0721. The Kier molecular flexibility index (Phi) is 8.64. The maximum absolute atomic E-state index is 12.6. The van der Waals surface area contributed by atoms with Crippen molar-refractivity contribution in [1.82, 2.24) is 29.6 Å². The summed E-state index contributed by atoms with van der Waals surface area (Å²) < 4.78 is 15.6. The molecule has 6 rings (SSSR count). The SMILES string of the molecule is Cn1cc2c(Cl)c(-c3cn(COCC[Si](C)(C)C)c4nc(N5C6CCCC5CC(NC(=O)OC(C)(C)C)C6)cnc34)ccc2n1. The minimum atomic E-state index is -1.23. The van der Waals surface area contributed by atoms with E-state index in [0.717, 1.165) is 70.7 Å². The molecule has 1 amide bonds. The number of carbonyl (C=O) groups is 1. The van der Waals surface area contributed by atoms with E-state index in [1.807, 2.05) is 52.3 Å². The Labute approximate surface area is 271 Å². The van der Waals surface area contributed by atoms with E-state index in [2.05, 4.69) is 45.7 Å². The second kappa shape index (κ2) is 12.2. The number of hydrogen-bond donors (Lipinski definition) is 1. The number of fused-ring (bicyclic) bond motifs is 4. The Hall–Kier alpha value is -3.15. The zero-order valence-corrected chi connectivity index (χ0v) is 29.3. The molecular formula is C33H46ClN7O3Si. The van der Waals surface area contributed by atoms with E-state index in [1.54, 1.807) is 4.68 Å². The van der Waals surface area contributed by atoms with Crippen molar-refractivity contribution in [3.63, 3.8) is 0 Å². The van der Waals surface area contributed by atoms with Crippen molar-refractivity contribution in [2.24, 2.45) is 7.05 Å². The molecule has 3 aromatic heterocycles. The summed E-state index contributed by atoms with van der Waals surface area (Å²) in [5, 5.41) is 9.21. The molecule has 2 saturated heterocycles. The van der Waals surface area contributed by atoms with E-state index in [0.29, 0.717) is 18.4 Å². The molecule has 0 aliphatic carbocycles. The number of benzene rings is 1. The highest BCUT2D eigenvalue weighted by Gasteiger charge is 2.40. The lowest BCUT2D eigenvalue weighted by Gasteiger charge is -2.49. The van der Waals surface area contributed by atoms with Crippen LogP contribution in [0, 0.1) is 0 Å². The van der Waals surface area contributed by atoms with Gasteiger partial charge in [0.25, 0.3) is 0 Å². The quantitative estimate of drug-likeness (QED) is 0.157. The lowest BCUT2D eigenvalue weighted by atomic mass is 9.82. The van der Waals surface area contributed by atoms with Crippen LogP contribution in [0.2, 0.25) is 30.7 Å². The van der Waals surface area contributed by atoms with Crippen LogP contribution in [0.4, 0.5) is 10.6 Å². The van der Waals surface area contributed by atoms with Gasteiger partial charge in [0.05, 0.1) is 16.7 Å². The van der Waals surface area contributed by atoms with Crippen LogP contribution < -0.4 is 10.2 Å². The predicted molar refractivity (Wildman–Crippen MR) is 183 cm³/mol. The monoisotopic (exact) mass is 651 g/mol. The van der Waals surface area contributed by atoms with Crippen molar-refractivity contribution in [3.8, 4) is 11.1 Å². The fourth-order valence-electron chi connectivity index (χ4n) is 6.73. The van der Waals surface area contributed by atoms with Gasteiger partial charge in [-0.2, -0.15) is 5.10 Å². The van der Waals surface area contributed by atoms with E-state index in [1.165, 1.54) is 6.42 Å². The van der Waals surface area contributed by atoms with Crippen molar-refractivity contribution in [3.05, 3.63) is 35.7 Å². The number of alkyl carbamates (subject to hydrolysis) is 1. The maximum Gasteiger partial charge on any atom is 0.407 e. The molecule has 2 bridgehead atoms. The van der Waals surface area contributed by atoms with Gasteiger partial charge >= 0.3 is 6.09 Å². The van der Waals surface area contributed by atoms with Gasteiger partial charge in [-0.3, -0.25) is 4.68 Å².